The van der Waals surface area contributed by atoms with Crippen molar-refractivity contribution in [2.24, 2.45) is 11.7 Å². The minimum absolute atomic E-state index is 0.290. The lowest BCUT2D eigenvalue weighted by molar-refractivity contribution is -0.129. The highest BCUT2D eigenvalue weighted by Crippen LogP contribution is 2.25. The van der Waals surface area contributed by atoms with E-state index in [2.05, 4.69) is 15.6 Å². The van der Waals surface area contributed by atoms with Crippen molar-refractivity contribution in [3.8, 4) is 11.3 Å². The number of hydrogen-bond donors (Lipinski definition) is 3. The number of hydrogen-bond acceptors (Lipinski definition) is 7. The molecule has 3 rings (SSSR count). The largest absolute Gasteiger partial charge is 0.330 e. The second-order valence-corrected chi connectivity index (χ2v) is 9.96. The maximum Gasteiger partial charge on any atom is 0.238 e. The first kappa shape index (κ1) is 23.6. The summed E-state index contributed by atoms with van der Waals surface area (Å²) in [6, 6.07) is 11.0. The van der Waals surface area contributed by atoms with Gasteiger partial charge in [-0.3, -0.25) is 13.6 Å². The van der Waals surface area contributed by atoms with Gasteiger partial charge in [0.25, 0.3) is 0 Å². The van der Waals surface area contributed by atoms with Gasteiger partial charge in [0.1, 0.15) is 5.92 Å². The van der Waals surface area contributed by atoms with E-state index < -0.39 is 27.8 Å². The number of carbonyl (C=O) groups excluding carboxylic acids is 2. The minimum atomic E-state index is -3.47. The highest BCUT2D eigenvalue weighted by atomic mass is 32.2. The van der Waals surface area contributed by atoms with Crippen LogP contribution in [0.15, 0.2) is 54.2 Å². The zero-order valence-corrected chi connectivity index (χ0v) is 19.2. The molecule has 2 amide bonds. The maximum atomic E-state index is 12.9. The van der Waals surface area contributed by atoms with E-state index in [1.54, 1.807) is 0 Å². The monoisotopic (exact) mass is 475 g/mol. The number of anilines is 2. The third-order valence-electron chi connectivity index (χ3n) is 4.70. The van der Waals surface area contributed by atoms with Gasteiger partial charge in [-0.1, -0.05) is 36.8 Å². The second kappa shape index (κ2) is 10.5. The van der Waals surface area contributed by atoms with Crippen LogP contribution in [0.5, 0.6) is 0 Å². The predicted molar refractivity (Wildman–Crippen MR) is 126 cm³/mol. The van der Waals surface area contributed by atoms with Crippen LogP contribution < -0.4 is 16.4 Å². The predicted octanol–water partition coefficient (Wildman–Crippen LogP) is 2.74. The molecule has 9 nitrogen and oxygen atoms in total. The molecule has 11 heteroatoms. The molecule has 3 aromatic rings. The fourth-order valence-corrected chi connectivity index (χ4v) is 4.34. The summed E-state index contributed by atoms with van der Waals surface area (Å²) in [6.45, 7) is 0.458. The highest BCUT2D eigenvalue weighted by Gasteiger charge is 2.27. The van der Waals surface area contributed by atoms with E-state index in [1.165, 1.54) is 29.8 Å². The van der Waals surface area contributed by atoms with Gasteiger partial charge in [-0.2, -0.15) is 0 Å². The third kappa shape index (κ3) is 6.25. The van der Waals surface area contributed by atoms with Crippen molar-refractivity contribution in [3.05, 3.63) is 54.2 Å². The van der Waals surface area contributed by atoms with Crippen molar-refractivity contribution in [1.82, 2.24) is 8.96 Å². The summed E-state index contributed by atoms with van der Waals surface area (Å²) in [5, 5.41) is 7.59. The van der Waals surface area contributed by atoms with E-state index in [0.717, 1.165) is 21.5 Å². The molecule has 0 fully saturated rings. The van der Waals surface area contributed by atoms with Crippen LogP contribution in [0.4, 0.5) is 10.8 Å². The van der Waals surface area contributed by atoms with E-state index in [9.17, 15) is 18.0 Å². The normalized spacial score (nSPS) is 12.3. The van der Waals surface area contributed by atoms with Crippen LogP contribution >= 0.6 is 11.3 Å². The maximum absolute atomic E-state index is 12.9. The number of amides is 2. The molecule has 32 heavy (non-hydrogen) atoms. The Labute approximate surface area is 190 Å². The van der Waals surface area contributed by atoms with Gasteiger partial charge < -0.3 is 16.4 Å². The molecule has 0 saturated heterocycles. The van der Waals surface area contributed by atoms with Gasteiger partial charge in [0.05, 0.1) is 17.6 Å². The molecular formula is C21H25N5O4S2. The number of nitrogens with one attached hydrogen (secondary N) is 2. The van der Waals surface area contributed by atoms with Crippen LogP contribution in [0, 0.1) is 5.92 Å². The molecule has 1 atom stereocenters. The van der Waals surface area contributed by atoms with Crippen molar-refractivity contribution in [1.29, 1.82) is 0 Å². The van der Waals surface area contributed by atoms with Gasteiger partial charge in [0.2, 0.25) is 21.8 Å². The van der Waals surface area contributed by atoms with Crippen molar-refractivity contribution >= 4 is 44.0 Å². The molecule has 0 aliphatic heterocycles. The lowest BCUT2D eigenvalue weighted by Crippen LogP contribution is -2.34. The first-order valence-electron chi connectivity index (χ1n) is 9.99. The van der Waals surface area contributed by atoms with Gasteiger partial charge in [-0.05, 0) is 25.5 Å². The summed E-state index contributed by atoms with van der Waals surface area (Å²) in [6.07, 6.45) is 5.25. The Morgan fingerprint density at radius 3 is 2.50 bits per heavy atom. The Kier molecular flexibility index (Phi) is 7.78. The van der Waals surface area contributed by atoms with E-state index in [4.69, 9.17) is 5.73 Å². The fraction of sp³-hybridized carbons (Fsp3) is 0.286. The van der Waals surface area contributed by atoms with Crippen LogP contribution in [0.2, 0.25) is 0 Å². The molecule has 2 aromatic heterocycles. The minimum Gasteiger partial charge on any atom is -0.330 e. The molecule has 1 aromatic carbocycles. The SMILES string of the molecule is CS(=O)(=O)n1ccc(NC(=O)[C@H](CCCCN)C(=O)Nc2nc(-c3ccccc3)cs2)c1. The van der Waals surface area contributed by atoms with Crippen LogP contribution in [-0.2, 0) is 19.6 Å². The molecule has 0 radical (unpaired) electrons. The topological polar surface area (TPSA) is 136 Å². The number of nitrogens with zero attached hydrogens (tertiary/aromatic N) is 2. The lowest BCUT2D eigenvalue weighted by atomic mass is 10.00. The average Bonchev–Trinajstić information content (AvgIpc) is 3.41. The van der Waals surface area contributed by atoms with Crippen LogP contribution in [0.1, 0.15) is 19.3 Å². The second-order valence-electron chi connectivity index (χ2n) is 7.21. The summed E-state index contributed by atoms with van der Waals surface area (Å²) in [7, 11) is -3.47. The van der Waals surface area contributed by atoms with Gasteiger partial charge in [-0.25, -0.2) is 13.4 Å². The number of benzene rings is 1. The molecular weight excluding hydrogens is 450 g/mol. The summed E-state index contributed by atoms with van der Waals surface area (Å²) >= 11 is 1.28. The van der Waals surface area contributed by atoms with Crippen molar-refractivity contribution in [3.63, 3.8) is 0 Å². The molecule has 0 unspecified atom stereocenters. The Hall–Kier alpha value is -3.02. The molecule has 0 aliphatic rings. The number of aromatic nitrogens is 2. The smallest absolute Gasteiger partial charge is 0.238 e. The molecule has 0 saturated carbocycles. The Bertz CT molecular complexity index is 1170. The molecule has 2 heterocycles. The quantitative estimate of drug-likeness (QED) is 0.305. The molecule has 170 valence electrons. The van der Waals surface area contributed by atoms with Crippen LogP contribution in [-0.4, -0.2) is 42.0 Å². The van der Waals surface area contributed by atoms with Crippen LogP contribution in [0.25, 0.3) is 11.3 Å². The summed E-state index contributed by atoms with van der Waals surface area (Å²) in [5.41, 5.74) is 7.50. The molecule has 4 N–H and O–H groups in total. The Balaban J connectivity index is 1.71. The Morgan fingerprint density at radius 2 is 1.84 bits per heavy atom. The van der Waals surface area contributed by atoms with E-state index in [0.29, 0.717) is 30.9 Å². The number of carbonyl (C=O) groups is 2. The van der Waals surface area contributed by atoms with E-state index in [1.807, 2.05) is 35.7 Å². The number of nitrogens with two attached hydrogens (primary N) is 1. The first-order chi connectivity index (χ1) is 15.3. The van der Waals surface area contributed by atoms with Gasteiger partial charge in [-0.15, -0.1) is 11.3 Å². The van der Waals surface area contributed by atoms with Gasteiger partial charge >= 0.3 is 0 Å². The zero-order chi connectivity index (χ0) is 23.1. The number of rotatable bonds is 10. The van der Waals surface area contributed by atoms with Gasteiger partial charge in [0, 0.05) is 23.3 Å². The summed E-state index contributed by atoms with van der Waals surface area (Å²) < 4.78 is 24.2. The van der Waals surface area contributed by atoms with Gasteiger partial charge in [0.15, 0.2) is 5.13 Å². The lowest BCUT2D eigenvalue weighted by Gasteiger charge is -2.15. The van der Waals surface area contributed by atoms with Crippen molar-refractivity contribution in [2.45, 2.75) is 19.3 Å². The summed E-state index contributed by atoms with van der Waals surface area (Å²) in [4.78, 5) is 30.2. The number of thiazole rings is 1. The first-order valence-corrected chi connectivity index (χ1v) is 12.7. The summed E-state index contributed by atoms with van der Waals surface area (Å²) in [5.74, 6) is -1.98. The fourth-order valence-electron chi connectivity index (χ4n) is 3.03. The molecule has 0 aliphatic carbocycles. The number of unbranched alkanes of at least 4 members (excludes halogenated alkanes) is 1. The Morgan fingerprint density at radius 1 is 1.12 bits per heavy atom. The third-order valence-corrected chi connectivity index (χ3v) is 6.45. The van der Waals surface area contributed by atoms with Crippen LogP contribution in [0.3, 0.4) is 0 Å². The highest BCUT2D eigenvalue weighted by molar-refractivity contribution is 7.89. The average molecular weight is 476 g/mol. The standard InChI is InChI=1S/C21H25N5O4S2/c1-32(29,30)26-12-10-16(13-26)23-19(27)17(9-5-6-11-22)20(28)25-21-24-18(14-31-21)15-7-3-2-4-8-15/h2-4,7-8,10,12-14,17H,5-6,9,11,22H2,1H3,(H,23,27)(H,24,25,28)/t17-/m0/s1. The molecule has 0 spiro atoms. The van der Waals surface area contributed by atoms with E-state index >= 15 is 0 Å². The van der Waals surface area contributed by atoms with Crippen molar-refractivity contribution in [2.75, 3.05) is 23.4 Å². The van der Waals surface area contributed by atoms with Crippen molar-refractivity contribution < 1.29 is 18.0 Å². The molecule has 0 bridgehead atoms. The van der Waals surface area contributed by atoms with E-state index in [-0.39, 0.29) is 5.69 Å². The zero-order valence-electron chi connectivity index (χ0n) is 17.5.